The zero-order chi connectivity index (χ0) is 3.54. The standard InChI is InChI=1S/C5H10.Pt/c1-2-4-5-3-1;/h1-5H2;/q;+2. The zero-order valence-corrected chi connectivity index (χ0v) is 6.12. The van der Waals surface area contributed by atoms with E-state index in [1.54, 1.807) is 0 Å². The Kier molecular flexibility index (Phi) is 4.31. The van der Waals surface area contributed by atoms with Gasteiger partial charge in [-0.25, -0.2) is 0 Å². The van der Waals surface area contributed by atoms with E-state index >= 15 is 0 Å². The van der Waals surface area contributed by atoms with Gasteiger partial charge < -0.3 is 0 Å². The molecule has 0 aromatic rings. The average Bonchev–Trinajstić information content (AvgIpc) is 1.76. The summed E-state index contributed by atoms with van der Waals surface area (Å²) in [4.78, 5) is 0. The van der Waals surface area contributed by atoms with Gasteiger partial charge in [0.05, 0.1) is 0 Å². The number of hydrogen-bond donors (Lipinski definition) is 0. The van der Waals surface area contributed by atoms with Crippen molar-refractivity contribution < 1.29 is 21.1 Å². The van der Waals surface area contributed by atoms with Crippen LogP contribution in [-0.4, -0.2) is 0 Å². The first kappa shape index (κ1) is 6.69. The van der Waals surface area contributed by atoms with Crippen molar-refractivity contribution >= 4 is 0 Å². The monoisotopic (exact) mass is 265 g/mol. The third kappa shape index (κ3) is 1.97. The minimum absolute atomic E-state index is 0. The molecule has 1 aliphatic carbocycles. The molecule has 1 aliphatic rings. The van der Waals surface area contributed by atoms with Gasteiger partial charge in [0.2, 0.25) is 0 Å². The van der Waals surface area contributed by atoms with Gasteiger partial charge in [0.15, 0.2) is 0 Å². The third-order valence-corrected chi connectivity index (χ3v) is 1.25. The van der Waals surface area contributed by atoms with E-state index in [9.17, 15) is 0 Å². The molecular weight excluding hydrogens is 255 g/mol. The molecule has 0 aromatic carbocycles. The second kappa shape index (κ2) is 3.86. The molecule has 0 saturated heterocycles. The number of rotatable bonds is 0. The summed E-state index contributed by atoms with van der Waals surface area (Å²) in [7, 11) is 0. The first-order valence-corrected chi connectivity index (χ1v) is 2.50. The Morgan fingerprint density at radius 3 is 0.833 bits per heavy atom. The summed E-state index contributed by atoms with van der Waals surface area (Å²) in [5, 5.41) is 0. The maximum absolute atomic E-state index is 1.50. The van der Waals surface area contributed by atoms with Crippen LogP contribution in [0.15, 0.2) is 0 Å². The average molecular weight is 265 g/mol. The molecule has 1 rings (SSSR count). The van der Waals surface area contributed by atoms with Gasteiger partial charge in [-0.1, -0.05) is 32.1 Å². The van der Waals surface area contributed by atoms with Crippen molar-refractivity contribution in [2.75, 3.05) is 0 Å². The van der Waals surface area contributed by atoms with Crippen molar-refractivity contribution in [2.45, 2.75) is 32.1 Å². The fourth-order valence-corrected chi connectivity index (χ4v) is 0.884. The smallest absolute Gasteiger partial charge is 0.0533 e. The van der Waals surface area contributed by atoms with E-state index in [2.05, 4.69) is 0 Å². The largest absolute Gasteiger partial charge is 2.00 e. The van der Waals surface area contributed by atoms with Gasteiger partial charge in [-0.2, -0.15) is 0 Å². The molecule has 0 bridgehead atoms. The quantitative estimate of drug-likeness (QED) is 0.628. The Morgan fingerprint density at radius 1 is 0.500 bits per heavy atom. The Hall–Kier alpha value is 0.688. The molecule has 1 fully saturated rings. The van der Waals surface area contributed by atoms with Crippen LogP contribution in [-0.2, 0) is 21.1 Å². The fraction of sp³-hybridized carbons (Fsp3) is 1.00. The van der Waals surface area contributed by atoms with Crippen molar-refractivity contribution in [1.82, 2.24) is 0 Å². The summed E-state index contributed by atoms with van der Waals surface area (Å²) in [6.45, 7) is 0. The fourth-order valence-electron chi connectivity index (χ4n) is 0.884. The molecule has 0 N–H and O–H groups in total. The second-order valence-electron chi connectivity index (χ2n) is 1.77. The van der Waals surface area contributed by atoms with Crippen LogP contribution in [0.2, 0.25) is 0 Å². The SMILES string of the molecule is C1CCCC1.[Pt+2]. The summed E-state index contributed by atoms with van der Waals surface area (Å²) < 4.78 is 0. The molecule has 0 unspecified atom stereocenters. The van der Waals surface area contributed by atoms with Gasteiger partial charge in [-0.05, 0) is 0 Å². The van der Waals surface area contributed by atoms with Crippen LogP contribution >= 0.6 is 0 Å². The Morgan fingerprint density at radius 2 is 0.667 bits per heavy atom. The first-order valence-electron chi connectivity index (χ1n) is 2.50. The van der Waals surface area contributed by atoms with E-state index in [1.165, 1.54) is 32.1 Å². The molecule has 0 heterocycles. The third-order valence-electron chi connectivity index (χ3n) is 1.25. The van der Waals surface area contributed by atoms with Crippen LogP contribution in [0.1, 0.15) is 32.1 Å². The predicted molar refractivity (Wildman–Crippen MR) is 23.1 cm³/mol. The van der Waals surface area contributed by atoms with E-state index in [-0.39, 0.29) is 21.1 Å². The summed E-state index contributed by atoms with van der Waals surface area (Å²) in [6, 6.07) is 0. The van der Waals surface area contributed by atoms with Crippen molar-refractivity contribution in [3.05, 3.63) is 0 Å². The molecule has 0 radical (unpaired) electrons. The van der Waals surface area contributed by atoms with Crippen molar-refractivity contribution in [2.24, 2.45) is 0 Å². The van der Waals surface area contributed by atoms with E-state index < -0.39 is 0 Å². The minimum atomic E-state index is 0. The maximum Gasteiger partial charge on any atom is 2.00 e. The summed E-state index contributed by atoms with van der Waals surface area (Å²) >= 11 is 0. The normalized spacial score (nSPS) is 20.0. The predicted octanol–water partition coefficient (Wildman–Crippen LogP) is 1.95. The number of hydrogen-bond acceptors (Lipinski definition) is 0. The van der Waals surface area contributed by atoms with Crippen molar-refractivity contribution in [1.29, 1.82) is 0 Å². The molecule has 0 atom stereocenters. The van der Waals surface area contributed by atoms with Gasteiger partial charge in [-0.3, -0.25) is 0 Å². The Balaban J connectivity index is 0.000000250. The Labute approximate surface area is 53.6 Å². The minimum Gasteiger partial charge on any atom is -0.0533 e. The topological polar surface area (TPSA) is 0 Å². The molecule has 0 amide bonds. The van der Waals surface area contributed by atoms with Gasteiger partial charge in [0.1, 0.15) is 0 Å². The molecule has 6 heavy (non-hydrogen) atoms. The van der Waals surface area contributed by atoms with E-state index in [4.69, 9.17) is 0 Å². The van der Waals surface area contributed by atoms with Gasteiger partial charge in [0.25, 0.3) is 0 Å². The molecule has 38 valence electrons. The molecule has 0 aromatic heterocycles. The zero-order valence-electron chi connectivity index (χ0n) is 3.85. The molecule has 1 saturated carbocycles. The van der Waals surface area contributed by atoms with Crippen LogP contribution in [0, 0.1) is 0 Å². The Bertz CT molecular complexity index is 15.5. The van der Waals surface area contributed by atoms with Crippen LogP contribution in [0.25, 0.3) is 0 Å². The van der Waals surface area contributed by atoms with E-state index in [1.807, 2.05) is 0 Å². The molecule has 0 aliphatic heterocycles. The van der Waals surface area contributed by atoms with Crippen LogP contribution in [0.3, 0.4) is 0 Å². The van der Waals surface area contributed by atoms with Crippen molar-refractivity contribution in [3.8, 4) is 0 Å². The van der Waals surface area contributed by atoms with Gasteiger partial charge >= 0.3 is 21.1 Å². The molecule has 1 heteroatoms. The summed E-state index contributed by atoms with van der Waals surface area (Å²) in [6.07, 6.45) is 7.50. The summed E-state index contributed by atoms with van der Waals surface area (Å²) in [5.74, 6) is 0. The summed E-state index contributed by atoms with van der Waals surface area (Å²) in [5.41, 5.74) is 0. The molecule has 0 nitrogen and oxygen atoms in total. The van der Waals surface area contributed by atoms with Gasteiger partial charge in [0, 0.05) is 0 Å². The van der Waals surface area contributed by atoms with Crippen LogP contribution in [0.5, 0.6) is 0 Å². The first-order chi connectivity index (χ1) is 2.50. The van der Waals surface area contributed by atoms with Crippen LogP contribution in [0.4, 0.5) is 0 Å². The second-order valence-corrected chi connectivity index (χ2v) is 1.77. The van der Waals surface area contributed by atoms with E-state index in [0.717, 1.165) is 0 Å². The molecule has 0 spiro atoms. The van der Waals surface area contributed by atoms with Crippen molar-refractivity contribution in [3.63, 3.8) is 0 Å². The van der Waals surface area contributed by atoms with Crippen LogP contribution < -0.4 is 0 Å². The van der Waals surface area contributed by atoms with E-state index in [0.29, 0.717) is 0 Å². The molecular formula is C5H10Pt+2. The van der Waals surface area contributed by atoms with Gasteiger partial charge in [-0.15, -0.1) is 0 Å². The maximum atomic E-state index is 1.50.